The summed E-state index contributed by atoms with van der Waals surface area (Å²) < 4.78 is 27.5. The van der Waals surface area contributed by atoms with Crippen LogP contribution in [0.2, 0.25) is 0 Å². The van der Waals surface area contributed by atoms with Gasteiger partial charge >= 0.3 is 0 Å². The maximum absolute atomic E-state index is 12.2. The minimum absolute atomic E-state index is 0.0660. The lowest BCUT2D eigenvalue weighted by Crippen LogP contribution is -2.36. The molecule has 0 saturated carbocycles. The number of aryl methyl sites for hydroxylation is 1. The van der Waals surface area contributed by atoms with Crippen LogP contribution in [0, 0.1) is 12.8 Å². The van der Waals surface area contributed by atoms with E-state index < -0.39 is 10.0 Å². The Hall–Kier alpha value is -0.430. The molecule has 0 aliphatic carbocycles. The van der Waals surface area contributed by atoms with Crippen molar-refractivity contribution in [2.75, 3.05) is 0 Å². The van der Waals surface area contributed by atoms with Gasteiger partial charge in [0.25, 0.3) is 0 Å². The minimum atomic E-state index is -3.41. The van der Waals surface area contributed by atoms with Crippen LogP contribution in [0.15, 0.2) is 10.3 Å². The van der Waals surface area contributed by atoms with E-state index in [1.165, 1.54) is 11.3 Å². The van der Waals surface area contributed by atoms with Crippen molar-refractivity contribution in [1.29, 1.82) is 0 Å². The molecule has 0 aliphatic rings. The molecule has 0 spiro atoms. The third-order valence-corrected chi connectivity index (χ3v) is 6.58. The first kappa shape index (κ1) is 15.6. The van der Waals surface area contributed by atoms with Crippen molar-refractivity contribution in [3.8, 4) is 0 Å². The first-order valence-electron chi connectivity index (χ1n) is 6.13. The van der Waals surface area contributed by atoms with Gasteiger partial charge in [-0.2, -0.15) is 0 Å². The van der Waals surface area contributed by atoms with Crippen LogP contribution in [0.3, 0.4) is 0 Å². The number of hydrogen-bond donors (Lipinski definition) is 2. The van der Waals surface area contributed by atoms with E-state index in [1.54, 1.807) is 6.07 Å². The molecule has 0 radical (unpaired) electrons. The van der Waals surface area contributed by atoms with E-state index in [1.807, 2.05) is 20.8 Å². The fourth-order valence-corrected chi connectivity index (χ4v) is 4.43. The average molecular weight is 290 g/mol. The van der Waals surface area contributed by atoms with Crippen LogP contribution in [0.25, 0.3) is 0 Å². The van der Waals surface area contributed by atoms with Crippen LogP contribution in [0.4, 0.5) is 0 Å². The third-order valence-electron chi connectivity index (χ3n) is 3.29. The maximum atomic E-state index is 12.2. The quantitative estimate of drug-likeness (QED) is 0.844. The fraction of sp³-hybridized carbons (Fsp3) is 0.667. The van der Waals surface area contributed by atoms with Gasteiger partial charge in [-0.1, -0.05) is 20.3 Å². The van der Waals surface area contributed by atoms with Crippen molar-refractivity contribution in [2.45, 2.75) is 50.9 Å². The van der Waals surface area contributed by atoms with Crippen LogP contribution in [0.5, 0.6) is 0 Å². The van der Waals surface area contributed by atoms with Gasteiger partial charge in [0.1, 0.15) is 4.21 Å². The second kappa shape index (κ2) is 6.14. The molecule has 6 heteroatoms. The van der Waals surface area contributed by atoms with Crippen LogP contribution in [0.1, 0.15) is 37.6 Å². The van der Waals surface area contributed by atoms with Gasteiger partial charge in [0.2, 0.25) is 10.0 Å². The number of nitrogens with one attached hydrogen (secondary N) is 1. The number of rotatable bonds is 6. The largest absolute Gasteiger partial charge is 0.326 e. The van der Waals surface area contributed by atoms with E-state index in [0.29, 0.717) is 16.7 Å². The van der Waals surface area contributed by atoms with Gasteiger partial charge in [-0.15, -0.1) is 11.3 Å². The molecule has 0 amide bonds. The van der Waals surface area contributed by atoms with Crippen molar-refractivity contribution in [3.63, 3.8) is 0 Å². The van der Waals surface area contributed by atoms with E-state index >= 15 is 0 Å². The molecule has 0 saturated heterocycles. The van der Waals surface area contributed by atoms with Crippen LogP contribution in [-0.4, -0.2) is 14.5 Å². The second-order valence-corrected chi connectivity index (χ2v) is 7.75. The number of sulfonamides is 1. The lowest BCUT2D eigenvalue weighted by molar-refractivity contribution is 0.434. The summed E-state index contributed by atoms with van der Waals surface area (Å²) >= 11 is 1.25. The van der Waals surface area contributed by atoms with Crippen LogP contribution < -0.4 is 10.5 Å². The molecule has 104 valence electrons. The van der Waals surface area contributed by atoms with E-state index in [0.717, 1.165) is 16.9 Å². The molecule has 2 unspecified atom stereocenters. The summed E-state index contributed by atoms with van der Waals surface area (Å²) in [5, 5.41) is 0. The summed E-state index contributed by atoms with van der Waals surface area (Å²) in [7, 11) is -3.41. The van der Waals surface area contributed by atoms with Crippen molar-refractivity contribution in [3.05, 3.63) is 16.5 Å². The molecule has 1 aromatic rings. The normalized spacial score (nSPS) is 15.6. The molecule has 0 aliphatic heterocycles. The highest BCUT2D eigenvalue weighted by Gasteiger charge is 2.22. The molecule has 3 N–H and O–H groups in total. The Kier molecular flexibility index (Phi) is 5.33. The van der Waals surface area contributed by atoms with Gasteiger partial charge in [-0.25, -0.2) is 13.1 Å². The van der Waals surface area contributed by atoms with E-state index in [4.69, 9.17) is 5.73 Å². The predicted octanol–water partition coefficient (Wildman–Crippen LogP) is 2.23. The summed E-state index contributed by atoms with van der Waals surface area (Å²) in [6, 6.07) is 1.63. The predicted molar refractivity (Wildman–Crippen MR) is 76.2 cm³/mol. The molecule has 1 heterocycles. The summed E-state index contributed by atoms with van der Waals surface area (Å²) in [5.41, 5.74) is 6.52. The molecule has 0 fully saturated rings. The molecule has 1 aromatic heterocycles. The Morgan fingerprint density at radius 3 is 2.50 bits per heavy atom. The van der Waals surface area contributed by atoms with Crippen LogP contribution in [-0.2, 0) is 16.6 Å². The van der Waals surface area contributed by atoms with Gasteiger partial charge in [-0.05, 0) is 31.4 Å². The topological polar surface area (TPSA) is 72.2 Å². The first-order valence-corrected chi connectivity index (χ1v) is 8.43. The van der Waals surface area contributed by atoms with Gasteiger partial charge in [0.05, 0.1) is 0 Å². The first-order chi connectivity index (χ1) is 8.31. The Morgan fingerprint density at radius 2 is 2.06 bits per heavy atom. The number of thiophene rings is 1. The zero-order valence-electron chi connectivity index (χ0n) is 11.4. The Balaban J connectivity index is 2.92. The second-order valence-electron chi connectivity index (χ2n) is 4.67. The molecule has 1 rings (SSSR count). The molecule has 0 bridgehead atoms. The van der Waals surface area contributed by atoms with Gasteiger partial charge in [0, 0.05) is 17.5 Å². The zero-order valence-corrected chi connectivity index (χ0v) is 13.0. The van der Waals surface area contributed by atoms with Gasteiger partial charge < -0.3 is 5.73 Å². The average Bonchev–Trinajstić information content (AvgIpc) is 2.69. The van der Waals surface area contributed by atoms with E-state index in [2.05, 4.69) is 11.6 Å². The minimum Gasteiger partial charge on any atom is -0.326 e. The summed E-state index contributed by atoms with van der Waals surface area (Å²) in [5.74, 6) is 0.315. The van der Waals surface area contributed by atoms with Crippen molar-refractivity contribution in [1.82, 2.24) is 4.72 Å². The molecule has 2 atom stereocenters. The van der Waals surface area contributed by atoms with Crippen molar-refractivity contribution in [2.24, 2.45) is 11.7 Å². The molecule has 18 heavy (non-hydrogen) atoms. The summed E-state index contributed by atoms with van der Waals surface area (Å²) in [6.45, 7) is 8.26. The summed E-state index contributed by atoms with van der Waals surface area (Å²) in [6.07, 6.45) is 0.946. The number of nitrogens with two attached hydrogens (primary N) is 1. The Morgan fingerprint density at radius 1 is 1.44 bits per heavy atom. The lowest BCUT2D eigenvalue weighted by atomic mass is 10.0. The third kappa shape index (κ3) is 3.54. The molecular weight excluding hydrogens is 268 g/mol. The van der Waals surface area contributed by atoms with E-state index in [-0.39, 0.29) is 6.04 Å². The van der Waals surface area contributed by atoms with Gasteiger partial charge in [-0.3, -0.25) is 0 Å². The summed E-state index contributed by atoms with van der Waals surface area (Å²) in [4.78, 5) is 0.923. The standard InChI is InChI=1S/C12H22N2O2S2/c1-5-8(2)10(4)14-18(15,16)12-6-9(3)11(7-13)17-12/h6,8,10,14H,5,7,13H2,1-4H3. The van der Waals surface area contributed by atoms with E-state index in [9.17, 15) is 8.42 Å². The van der Waals surface area contributed by atoms with Crippen LogP contribution >= 0.6 is 11.3 Å². The molecule has 4 nitrogen and oxygen atoms in total. The number of hydrogen-bond acceptors (Lipinski definition) is 4. The zero-order chi connectivity index (χ0) is 13.9. The lowest BCUT2D eigenvalue weighted by Gasteiger charge is -2.19. The fourth-order valence-electron chi connectivity index (χ4n) is 1.60. The van der Waals surface area contributed by atoms with Gasteiger partial charge in [0.15, 0.2) is 0 Å². The monoisotopic (exact) mass is 290 g/mol. The Bertz CT molecular complexity index is 494. The highest BCUT2D eigenvalue weighted by atomic mass is 32.2. The molecular formula is C12H22N2O2S2. The van der Waals surface area contributed by atoms with Crippen molar-refractivity contribution < 1.29 is 8.42 Å². The highest BCUT2D eigenvalue weighted by molar-refractivity contribution is 7.91. The SMILES string of the molecule is CCC(C)C(C)NS(=O)(=O)c1cc(C)c(CN)s1. The maximum Gasteiger partial charge on any atom is 0.250 e. The van der Waals surface area contributed by atoms with Crippen molar-refractivity contribution >= 4 is 21.4 Å². The molecule has 0 aromatic carbocycles. The smallest absolute Gasteiger partial charge is 0.250 e. The Labute approximate surface area is 114 Å². The highest BCUT2D eigenvalue weighted by Crippen LogP contribution is 2.26.